The maximum atomic E-state index is 13.1. The molecule has 0 heterocycles. The van der Waals surface area contributed by atoms with Gasteiger partial charge in [0.15, 0.2) is 12.2 Å². The van der Waals surface area contributed by atoms with E-state index >= 15 is 0 Å². The summed E-state index contributed by atoms with van der Waals surface area (Å²) < 4.78 is 68.8. The summed E-state index contributed by atoms with van der Waals surface area (Å²) in [6, 6.07) is 0. The predicted octanol–water partition coefficient (Wildman–Crippen LogP) is 24.9. The first-order valence-electron chi connectivity index (χ1n) is 42.9. The molecule has 0 aliphatic carbocycles. The van der Waals surface area contributed by atoms with Crippen molar-refractivity contribution in [3.8, 4) is 0 Å². The summed E-state index contributed by atoms with van der Waals surface area (Å²) in [5.74, 6) is 0.280. The number of carbonyl (C=O) groups is 4. The molecule has 0 spiro atoms. The molecule has 0 amide bonds. The van der Waals surface area contributed by atoms with E-state index in [2.05, 4.69) is 48.5 Å². The molecule has 0 saturated carbocycles. The minimum atomic E-state index is -4.96. The van der Waals surface area contributed by atoms with Gasteiger partial charge in [-0.1, -0.05) is 382 Å². The molecule has 0 fully saturated rings. The highest BCUT2D eigenvalue weighted by molar-refractivity contribution is 7.47. The summed E-state index contributed by atoms with van der Waals surface area (Å²) in [5.41, 5.74) is 0. The summed E-state index contributed by atoms with van der Waals surface area (Å²) >= 11 is 0. The number of hydrogen-bond donors (Lipinski definition) is 3. The van der Waals surface area contributed by atoms with Crippen LogP contribution in [0.3, 0.4) is 0 Å². The van der Waals surface area contributed by atoms with Gasteiger partial charge in [0.05, 0.1) is 26.4 Å². The molecule has 102 heavy (non-hydrogen) atoms. The molecular formula is C83H162O17P2. The molecule has 19 heteroatoms. The number of unbranched alkanes of at least 4 members (excludes halogenated alkanes) is 48. The second-order valence-electron chi connectivity index (χ2n) is 31.1. The fourth-order valence-electron chi connectivity index (χ4n) is 12.8. The van der Waals surface area contributed by atoms with Crippen LogP contribution in [0.2, 0.25) is 0 Å². The molecule has 0 aromatic heterocycles. The maximum absolute atomic E-state index is 13.1. The van der Waals surface area contributed by atoms with Crippen molar-refractivity contribution in [3.05, 3.63) is 0 Å². The summed E-state index contributed by atoms with van der Waals surface area (Å²) in [7, 11) is -9.92. The highest BCUT2D eigenvalue weighted by atomic mass is 31.2. The third kappa shape index (κ3) is 74.9. The first-order valence-corrected chi connectivity index (χ1v) is 45.9. The molecule has 0 radical (unpaired) electrons. The van der Waals surface area contributed by atoms with Crippen LogP contribution in [-0.4, -0.2) is 96.7 Å². The Kier molecular flexibility index (Phi) is 71.8. The third-order valence-electron chi connectivity index (χ3n) is 19.7. The number of esters is 4. The molecule has 0 aliphatic rings. The lowest BCUT2D eigenvalue weighted by atomic mass is 9.99. The standard InChI is InChI=1S/C83H162O17P2/c1-8-10-11-12-13-14-15-16-25-31-36-45-52-59-66-82(87)100-79(71-94-81(86)65-58-51-44-39-38-42-49-56-63-76(7)9-2)73-98-102(91,92)96-69-77(84)68-95-101(89,90)97-72-78(99-83(88)67-60-53-46-37-32-27-22-18-20-24-29-34-41-48-55-62-75(5)6)70-93-80(85)64-57-50-43-35-30-26-21-17-19-23-28-33-40-47-54-61-74(3)4/h74-79,84H,8-73H2,1-7H3,(H,89,90)(H,91,92)/t76?,77-,78-,79-/m1/s1. The van der Waals surface area contributed by atoms with Crippen LogP contribution < -0.4 is 0 Å². The van der Waals surface area contributed by atoms with Crippen molar-refractivity contribution in [2.45, 2.75) is 452 Å². The number of hydrogen-bond acceptors (Lipinski definition) is 15. The van der Waals surface area contributed by atoms with Crippen molar-refractivity contribution in [1.29, 1.82) is 0 Å². The number of phosphoric acid groups is 2. The summed E-state index contributed by atoms with van der Waals surface area (Å²) in [6.45, 7) is 12.0. The Labute approximate surface area is 626 Å². The van der Waals surface area contributed by atoms with E-state index < -0.39 is 97.5 Å². The van der Waals surface area contributed by atoms with Crippen molar-refractivity contribution in [3.63, 3.8) is 0 Å². The largest absolute Gasteiger partial charge is 0.472 e. The molecule has 0 saturated heterocycles. The van der Waals surface area contributed by atoms with E-state index in [-0.39, 0.29) is 25.7 Å². The number of rotatable bonds is 81. The van der Waals surface area contributed by atoms with Gasteiger partial charge in [-0.2, -0.15) is 0 Å². The van der Waals surface area contributed by atoms with Crippen molar-refractivity contribution in [2.75, 3.05) is 39.6 Å². The quantitative estimate of drug-likeness (QED) is 0.0222. The topological polar surface area (TPSA) is 237 Å². The Morgan fingerprint density at radius 1 is 0.284 bits per heavy atom. The van der Waals surface area contributed by atoms with Gasteiger partial charge in [0, 0.05) is 25.7 Å². The molecule has 17 nitrogen and oxygen atoms in total. The first-order chi connectivity index (χ1) is 49.3. The SMILES string of the molecule is CCCCCCCCCCCCCCCCC(=O)O[C@H](COC(=O)CCCCCCCCCCC(C)CC)COP(=O)(O)OC[C@H](O)COP(=O)(O)OC[C@@H](COC(=O)CCCCCCCCCCCCCCCCCC(C)C)OC(=O)CCCCCCCCCCCCCCCCCC(C)C. The molecule has 3 unspecified atom stereocenters. The van der Waals surface area contributed by atoms with Crippen LogP contribution in [0.15, 0.2) is 0 Å². The van der Waals surface area contributed by atoms with E-state index in [1.54, 1.807) is 0 Å². The molecule has 606 valence electrons. The van der Waals surface area contributed by atoms with E-state index in [9.17, 15) is 43.2 Å². The Morgan fingerprint density at radius 3 is 0.745 bits per heavy atom. The van der Waals surface area contributed by atoms with Crippen LogP contribution in [0.4, 0.5) is 0 Å². The lowest BCUT2D eigenvalue weighted by Crippen LogP contribution is -2.30. The van der Waals surface area contributed by atoms with Gasteiger partial charge < -0.3 is 33.8 Å². The minimum absolute atomic E-state index is 0.107. The zero-order valence-electron chi connectivity index (χ0n) is 67.1. The smallest absolute Gasteiger partial charge is 0.462 e. The fourth-order valence-corrected chi connectivity index (χ4v) is 14.4. The average Bonchev–Trinajstić information content (AvgIpc) is 0.919. The maximum Gasteiger partial charge on any atom is 0.472 e. The van der Waals surface area contributed by atoms with Gasteiger partial charge in [-0.15, -0.1) is 0 Å². The van der Waals surface area contributed by atoms with Gasteiger partial charge in [-0.25, -0.2) is 9.13 Å². The monoisotopic (exact) mass is 1490 g/mol. The van der Waals surface area contributed by atoms with Crippen molar-refractivity contribution in [1.82, 2.24) is 0 Å². The normalized spacial score (nSPS) is 14.2. The molecule has 0 aliphatic heterocycles. The van der Waals surface area contributed by atoms with Crippen LogP contribution in [-0.2, 0) is 65.4 Å². The zero-order chi connectivity index (χ0) is 75.1. The number of phosphoric ester groups is 2. The van der Waals surface area contributed by atoms with Crippen LogP contribution in [0, 0.1) is 17.8 Å². The van der Waals surface area contributed by atoms with Gasteiger partial charge in [-0.3, -0.25) is 37.3 Å². The van der Waals surface area contributed by atoms with Crippen molar-refractivity contribution in [2.24, 2.45) is 17.8 Å². The van der Waals surface area contributed by atoms with E-state index in [1.165, 1.54) is 244 Å². The number of aliphatic hydroxyl groups excluding tert-OH is 1. The third-order valence-corrected chi connectivity index (χ3v) is 21.6. The Morgan fingerprint density at radius 2 is 0.500 bits per heavy atom. The van der Waals surface area contributed by atoms with Gasteiger partial charge in [-0.05, 0) is 43.4 Å². The Balaban J connectivity index is 5.26. The second-order valence-corrected chi connectivity index (χ2v) is 34.0. The average molecular weight is 1490 g/mol. The van der Waals surface area contributed by atoms with Gasteiger partial charge in [0.1, 0.15) is 19.3 Å². The molecule has 0 bridgehead atoms. The molecule has 0 rings (SSSR count). The van der Waals surface area contributed by atoms with Gasteiger partial charge >= 0.3 is 39.5 Å². The molecule has 3 N–H and O–H groups in total. The molecule has 0 aromatic carbocycles. The lowest BCUT2D eigenvalue weighted by Gasteiger charge is -2.21. The van der Waals surface area contributed by atoms with Crippen LogP contribution in [0.25, 0.3) is 0 Å². The number of carbonyl (C=O) groups excluding carboxylic acids is 4. The van der Waals surface area contributed by atoms with E-state index in [0.29, 0.717) is 25.7 Å². The first kappa shape index (κ1) is 100. The molecule has 0 aromatic rings. The van der Waals surface area contributed by atoms with Crippen molar-refractivity contribution < 1.29 is 80.2 Å². The van der Waals surface area contributed by atoms with E-state index in [4.69, 9.17) is 37.0 Å². The summed E-state index contributed by atoms with van der Waals surface area (Å²) in [5, 5.41) is 10.7. The summed E-state index contributed by atoms with van der Waals surface area (Å²) in [4.78, 5) is 73.1. The second kappa shape index (κ2) is 73.2. The number of aliphatic hydroxyl groups is 1. The summed E-state index contributed by atoms with van der Waals surface area (Å²) in [6.07, 6.45) is 62.3. The Bertz CT molecular complexity index is 1980. The van der Waals surface area contributed by atoms with E-state index in [0.717, 1.165) is 108 Å². The Hall–Kier alpha value is -1.94. The molecule has 6 atom stereocenters. The number of ether oxygens (including phenoxy) is 4. The van der Waals surface area contributed by atoms with Gasteiger partial charge in [0.2, 0.25) is 0 Å². The lowest BCUT2D eigenvalue weighted by molar-refractivity contribution is -0.161. The molecular weight excluding hydrogens is 1330 g/mol. The van der Waals surface area contributed by atoms with Gasteiger partial charge in [0.25, 0.3) is 0 Å². The highest BCUT2D eigenvalue weighted by Crippen LogP contribution is 2.45. The van der Waals surface area contributed by atoms with Crippen LogP contribution in [0.5, 0.6) is 0 Å². The van der Waals surface area contributed by atoms with Crippen molar-refractivity contribution >= 4 is 39.5 Å². The predicted molar refractivity (Wildman–Crippen MR) is 418 cm³/mol. The van der Waals surface area contributed by atoms with Crippen LogP contribution in [0.1, 0.15) is 434 Å². The minimum Gasteiger partial charge on any atom is -0.462 e. The van der Waals surface area contributed by atoms with Crippen LogP contribution >= 0.6 is 15.6 Å². The zero-order valence-corrected chi connectivity index (χ0v) is 68.9. The fraction of sp³-hybridized carbons (Fsp3) is 0.952. The highest BCUT2D eigenvalue weighted by Gasteiger charge is 2.30. The van der Waals surface area contributed by atoms with E-state index in [1.807, 2.05) is 0 Å².